The number of nitrogens with one attached hydrogen (secondary N) is 1. The Kier molecular flexibility index (Phi) is 4.78. The fourth-order valence-corrected chi connectivity index (χ4v) is 4.28. The highest BCUT2D eigenvalue weighted by molar-refractivity contribution is 5.84. The van der Waals surface area contributed by atoms with Gasteiger partial charge < -0.3 is 14.1 Å². The summed E-state index contributed by atoms with van der Waals surface area (Å²) in [5, 5.41) is 2.51. The highest BCUT2D eigenvalue weighted by Gasteiger charge is 2.49. The molecule has 0 bridgehead atoms. The van der Waals surface area contributed by atoms with Crippen LogP contribution in [0.3, 0.4) is 0 Å². The van der Waals surface area contributed by atoms with Gasteiger partial charge in [-0.2, -0.15) is 0 Å². The molecule has 1 aliphatic carbocycles. The molecule has 2 aliphatic rings. The van der Waals surface area contributed by atoms with Gasteiger partial charge in [-0.3, -0.25) is 10.1 Å². The third-order valence-electron chi connectivity index (χ3n) is 5.76. The van der Waals surface area contributed by atoms with Crippen LogP contribution in [0.25, 0.3) is 0 Å². The average molecular weight is 387 g/mol. The fourth-order valence-electron chi connectivity index (χ4n) is 4.28. The summed E-state index contributed by atoms with van der Waals surface area (Å²) in [7, 11) is 0. The Morgan fingerprint density at radius 1 is 1.43 bits per heavy atom. The normalized spacial score (nSPS) is 23.5. The molecule has 1 aromatic heterocycles. The van der Waals surface area contributed by atoms with Crippen molar-refractivity contribution in [3.8, 4) is 0 Å². The lowest BCUT2D eigenvalue weighted by Gasteiger charge is -2.45. The SMILES string of the molecule is CC(=O)N1CCC2(CC(c3ccc(NC(=O)OCc4cnco4)cc3F)C2)C1. The van der Waals surface area contributed by atoms with Gasteiger partial charge in [0.05, 0.1) is 6.20 Å². The van der Waals surface area contributed by atoms with Crippen LogP contribution in [-0.2, 0) is 16.1 Å². The van der Waals surface area contributed by atoms with Crippen LogP contribution >= 0.6 is 0 Å². The van der Waals surface area contributed by atoms with E-state index in [1.807, 2.05) is 4.90 Å². The van der Waals surface area contributed by atoms with E-state index in [4.69, 9.17) is 9.15 Å². The number of aromatic nitrogens is 1. The topological polar surface area (TPSA) is 84.7 Å². The van der Waals surface area contributed by atoms with Crippen molar-refractivity contribution in [1.29, 1.82) is 0 Å². The van der Waals surface area contributed by atoms with E-state index in [1.54, 1.807) is 19.1 Å². The van der Waals surface area contributed by atoms with Gasteiger partial charge in [0, 0.05) is 25.7 Å². The van der Waals surface area contributed by atoms with Gasteiger partial charge in [0.2, 0.25) is 5.91 Å². The fraction of sp³-hybridized carbons (Fsp3) is 0.450. The maximum absolute atomic E-state index is 14.6. The lowest BCUT2D eigenvalue weighted by molar-refractivity contribution is -0.128. The number of carbonyl (C=O) groups is 2. The van der Waals surface area contributed by atoms with Crippen molar-refractivity contribution in [3.63, 3.8) is 0 Å². The molecule has 4 rings (SSSR count). The highest BCUT2D eigenvalue weighted by Crippen LogP contribution is 2.56. The van der Waals surface area contributed by atoms with E-state index >= 15 is 0 Å². The van der Waals surface area contributed by atoms with Crippen molar-refractivity contribution in [2.24, 2.45) is 5.41 Å². The summed E-state index contributed by atoms with van der Waals surface area (Å²) in [5.74, 6) is 0.344. The van der Waals surface area contributed by atoms with Crippen LogP contribution in [0.5, 0.6) is 0 Å². The number of amides is 2. The number of oxazole rings is 1. The third kappa shape index (κ3) is 3.72. The molecule has 2 aromatic rings. The number of anilines is 1. The predicted molar refractivity (Wildman–Crippen MR) is 98.0 cm³/mol. The van der Waals surface area contributed by atoms with E-state index < -0.39 is 6.09 Å². The average Bonchev–Trinajstić information content (AvgIpc) is 3.29. The summed E-state index contributed by atoms with van der Waals surface area (Å²) in [4.78, 5) is 28.9. The van der Waals surface area contributed by atoms with Crippen molar-refractivity contribution in [2.75, 3.05) is 18.4 Å². The molecule has 8 heteroatoms. The van der Waals surface area contributed by atoms with Gasteiger partial charge in [0.1, 0.15) is 5.82 Å². The van der Waals surface area contributed by atoms with E-state index in [2.05, 4.69) is 10.3 Å². The van der Waals surface area contributed by atoms with Gasteiger partial charge in [0.25, 0.3) is 0 Å². The molecule has 1 aliphatic heterocycles. The molecule has 0 unspecified atom stereocenters. The van der Waals surface area contributed by atoms with Crippen molar-refractivity contribution < 1.29 is 23.1 Å². The number of hydrogen-bond donors (Lipinski definition) is 1. The first-order valence-electron chi connectivity index (χ1n) is 9.30. The molecule has 0 atom stereocenters. The number of benzene rings is 1. The van der Waals surface area contributed by atoms with Crippen LogP contribution in [0.1, 0.15) is 43.4 Å². The third-order valence-corrected chi connectivity index (χ3v) is 5.76. The summed E-state index contributed by atoms with van der Waals surface area (Å²) in [6, 6.07) is 4.71. The Balaban J connectivity index is 1.31. The van der Waals surface area contributed by atoms with Gasteiger partial charge in [-0.25, -0.2) is 14.2 Å². The Hall–Kier alpha value is -2.90. The Morgan fingerprint density at radius 2 is 2.25 bits per heavy atom. The maximum atomic E-state index is 14.6. The van der Waals surface area contributed by atoms with Crippen molar-refractivity contribution in [3.05, 3.63) is 47.9 Å². The van der Waals surface area contributed by atoms with E-state index in [0.29, 0.717) is 17.0 Å². The molecule has 1 N–H and O–H groups in total. The zero-order valence-corrected chi connectivity index (χ0v) is 15.6. The number of likely N-dealkylation sites (tertiary alicyclic amines) is 1. The number of nitrogens with zero attached hydrogens (tertiary/aromatic N) is 2. The second kappa shape index (κ2) is 7.26. The summed E-state index contributed by atoms with van der Waals surface area (Å²) in [5.41, 5.74) is 1.14. The molecule has 28 heavy (non-hydrogen) atoms. The van der Waals surface area contributed by atoms with Crippen LogP contribution in [0.2, 0.25) is 0 Å². The zero-order chi connectivity index (χ0) is 19.7. The maximum Gasteiger partial charge on any atom is 0.412 e. The van der Waals surface area contributed by atoms with E-state index in [1.165, 1.54) is 18.7 Å². The first-order chi connectivity index (χ1) is 13.4. The molecule has 7 nitrogen and oxygen atoms in total. The molecular formula is C20H22FN3O4. The minimum absolute atomic E-state index is 0.0478. The summed E-state index contributed by atoms with van der Waals surface area (Å²) < 4.78 is 24.6. The van der Waals surface area contributed by atoms with Gasteiger partial charge in [-0.05, 0) is 48.3 Å². The second-order valence-corrected chi connectivity index (χ2v) is 7.70. The minimum atomic E-state index is -0.693. The Bertz CT molecular complexity index is 878. The zero-order valence-electron chi connectivity index (χ0n) is 15.6. The quantitative estimate of drug-likeness (QED) is 0.865. The number of carbonyl (C=O) groups excluding carboxylic acids is 2. The molecule has 1 aromatic carbocycles. The van der Waals surface area contributed by atoms with Crippen LogP contribution < -0.4 is 5.32 Å². The number of halogens is 1. The predicted octanol–water partition coefficient (Wildman–Crippen LogP) is 3.68. The standard InChI is InChI=1S/C20H22FN3O4/c1-13(25)24-5-4-20(11-24)7-14(8-20)17-3-2-15(6-18(17)21)23-19(26)27-10-16-9-22-12-28-16/h2-3,6,9,12,14H,4-5,7-8,10-11H2,1H3,(H,23,26). The highest BCUT2D eigenvalue weighted by atomic mass is 19.1. The smallest absolute Gasteiger partial charge is 0.412 e. The molecule has 2 fully saturated rings. The van der Waals surface area contributed by atoms with Gasteiger partial charge in [-0.15, -0.1) is 0 Å². The molecule has 1 spiro atoms. The van der Waals surface area contributed by atoms with E-state index in [9.17, 15) is 14.0 Å². The van der Waals surface area contributed by atoms with Crippen LogP contribution in [-0.4, -0.2) is 35.0 Å². The van der Waals surface area contributed by atoms with Crippen LogP contribution in [0, 0.1) is 11.2 Å². The summed E-state index contributed by atoms with van der Waals surface area (Å²) in [6.45, 7) is 3.12. The molecule has 1 saturated carbocycles. The number of hydrogen-bond acceptors (Lipinski definition) is 5. The van der Waals surface area contributed by atoms with Gasteiger partial charge in [0.15, 0.2) is 18.8 Å². The molecule has 0 radical (unpaired) electrons. The lowest BCUT2D eigenvalue weighted by Crippen LogP contribution is -2.39. The second-order valence-electron chi connectivity index (χ2n) is 7.70. The van der Waals surface area contributed by atoms with Gasteiger partial charge >= 0.3 is 6.09 Å². The van der Waals surface area contributed by atoms with Crippen LogP contribution in [0.4, 0.5) is 14.9 Å². The summed E-state index contributed by atoms with van der Waals surface area (Å²) >= 11 is 0. The number of ether oxygens (including phenoxy) is 1. The van der Waals surface area contributed by atoms with E-state index in [-0.39, 0.29) is 29.7 Å². The Labute approximate surface area is 161 Å². The molecule has 1 saturated heterocycles. The first kappa shape index (κ1) is 18.5. The van der Waals surface area contributed by atoms with Crippen molar-refractivity contribution in [1.82, 2.24) is 9.88 Å². The van der Waals surface area contributed by atoms with Gasteiger partial charge in [-0.1, -0.05) is 6.07 Å². The first-order valence-corrected chi connectivity index (χ1v) is 9.30. The lowest BCUT2D eigenvalue weighted by atomic mass is 9.59. The Morgan fingerprint density at radius 3 is 2.89 bits per heavy atom. The summed E-state index contributed by atoms with van der Waals surface area (Å²) in [6.07, 6.45) is 4.77. The molecule has 2 amide bonds. The molecular weight excluding hydrogens is 365 g/mol. The minimum Gasteiger partial charge on any atom is -0.445 e. The van der Waals surface area contributed by atoms with Crippen LogP contribution in [0.15, 0.2) is 35.2 Å². The number of rotatable bonds is 4. The largest absolute Gasteiger partial charge is 0.445 e. The van der Waals surface area contributed by atoms with E-state index in [0.717, 1.165) is 32.4 Å². The van der Waals surface area contributed by atoms with Crippen molar-refractivity contribution in [2.45, 2.75) is 38.7 Å². The molecule has 148 valence electrons. The molecule has 2 heterocycles. The monoisotopic (exact) mass is 387 g/mol. The van der Waals surface area contributed by atoms with Crippen molar-refractivity contribution >= 4 is 17.7 Å².